The van der Waals surface area contributed by atoms with Crippen LogP contribution >= 0.6 is 0 Å². The molecule has 1 atom stereocenters. The first-order valence-corrected chi connectivity index (χ1v) is 6.04. The van der Waals surface area contributed by atoms with Crippen LogP contribution in [0.4, 0.5) is 0 Å². The lowest BCUT2D eigenvalue weighted by atomic mass is 10.1. The van der Waals surface area contributed by atoms with E-state index in [-0.39, 0.29) is 0 Å². The third-order valence-corrected chi connectivity index (χ3v) is 2.76. The number of pyridine rings is 1. The summed E-state index contributed by atoms with van der Waals surface area (Å²) in [6.07, 6.45) is 6.59. The van der Waals surface area contributed by atoms with Gasteiger partial charge < -0.3 is 5.32 Å². The highest BCUT2D eigenvalue weighted by atomic mass is 15.3. The molecule has 90 valence electrons. The summed E-state index contributed by atoms with van der Waals surface area (Å²) in [4.78, 5) is 4.50. The normalized spacial score (nSPS) is 12.6. The molecule has 4 nitrogen and oxygen atoms in total. The summed E-state index contributed by atoms with van der Waals surface area (Å²) in [5, 5.41) is 7.60. The average Bonchev–Trinajstić information content (AvgIpc) is 2.90. The first-order valence-electron chi connectivity index (χ1n) is 6.04. The molecule has 2 aromatic rings. The fraction of sp³-hybridized carbons (Fsp3) is 0.385. The van der Waals surface area contributed by atoms with Crippen LogP contribution in [0.5, 0.6) is 0 Å². The fourth-order valence-electron chi connectivity index (χ4n) is 1.87. The molecule has 0 aromatic carbocycles. The zero-order valence-electron chi connectivity index (χ0n) is 10.3. The first kappa shape index (κ1) is 11.8. The summed E-state index contributed by atoms with van der Waals surface area (Å²) >= 11 is 0. The van der Waals surface area contributed by atoms with Crippen molar-refractivity contribution in [3.8, 4) is 5.69 Å². The Kier molecular flexibility index (Phi) is 3.88. The van der Waals surface area contributed by atoms with Gasteiger partial charge in [0.25, 0.3) is 0 Å². The zero-order chi connectivity index (χ0) is 12.1. The predicted octanol–water partition coefficient (Wildman–Crippen LogP) is 2.33. The van der Waals surface area contributed by atoms with Crippen molar-refractivity contribution in [2.75, 3.05) is 6.54 Å². The zero-order valence-corrected chi connectivity index (χ0v) is 10.3. The lowest BCUT2D eigenvalue weighted by Gasteiger charge is -2.15. The topological polar surface area (TPSA) is 42.7 Å². The van der Waals surface area contributed by atoms with Gasteiger partial charge in [-0.1, -0.05) is 13.8 Å². The Hall–Kier alpha value is -1.68. The van der Waals surface area contributed by atoms with E-state index in [1.807, 2.05) is 23.1 Å². The van der Waals surface area contributed by atoms with Crippen molar-refractivity contribution in [3.05, 3.63) is 42.5 Å². The molecule has 0 saturated heterocycles. The van der Waals surface area contributed by atoms with E-state index in [0.717, 1.165) is 24.3 Å². The van der Waals surface area contributed by atoms with Gasteiger partial charge in [-0.3, -0.25) is 4.98 Å². The van der Waals surface area contributed by atoms with Gasteiger partial charge in [-0.05, 0) is 31.2 Å². The summed E-state index contributed by atoms with van der Waals surface area (Å²) in [7, 11) is 0. The van der Waals surface area contributed by atoms with Crippen LogP contribution in [0.25, 0.3) is 5.69 Å². The Labute approximate surface area is 102 Å². The molecule has 0 aliphatic carbocycles. The standard InChI is InChI=1S/C13H18N4/c1-3-12(14-4-2)13-7-6-11(10-15-13)17-9-5-8-16-17/h5-10,12,14H,3-4H2,1-2H3. The second kappa shape index (κ2) is 5.59. The molecule has 0 saturated carbocycles. The summed E-state index contributed by atoms with van der Waals surface area (Å²) in [6.45, 7) is 5.23. The van der Waals surface area contributed by atoms with Gasteiger partial charge in [-0.2, -0.15) is 5.10 Å². The number of hydrogen-bond donors (Lipinski definition) is 1. The molecule has 1 unspecified atom stereocenters. The molecule has 0 fully saturated rings. The van der Waals surface area contributed by atoms with Gasteiger partial charge in [0.15, 0.2) is 0 Å². The SMILES string of the molecule is CCNC(CC)c1ccc(-n2cccn2)cn1. The van der Waals surface area contributed by atoms with Gasteiger partial charge in [0.2, 0.25) is 0 Å². The highest BCUT2D eigenvalue weighted by Crippen LogP contribution is 2.15. The molecule has 17 heavy (non-hydrogen) atoms. The lowest BCUT2D eigenvalue weighted by Crippen LogP contribution is -2.21. The average molecular weight is 230 g/mol. The monoisotopic (exact) mass is 230 g/mol. The molecule has 0 radical (unpaired) electrons. The molecule has 2 heterocycles. The minimum absolute atomic E-state index is 0.340. The highest BCUT2D eigenvalue weighted by Gasteiger charge is 2.08. The molecule has 1 N–H and O–H groups in total. The van der Waals surface area contributed by atoms with Crippen LogP contribution in [0.15, 0.2) is 36.8 Å². The number of aromatic nitrogens is 3. The number of hydrogen-bond acceptors (Lipinski definition) is 3. The van der Waals surface area contributed by atoms with Crippen molar-refractivity contribution in [3.63, 3.8) is 0 Å². The predicted molar refractivity (Wildman–Crippen MR) is 68.1 cm³/mol. The van der Waals surface area contributed by atoms with Crippen LogP contribution in [0, 0.1) is 0 Å². The van der Waals surface area contributed by atoms with Gasteiger partial charge in [0.05, 0.1) is 17.6 Å². The van der Waals surface area contributed by atoms with Crippen LogP contribution in [0.1, 0.15) is 32.0 Å². The second-order valence-electron chi connectivity index (χ2n) is 3.91. The summed E-state index contributed by atoms with van der Waals surface area (Å²) in [5.74, 6) is 0. The van der Waals surface area contributed by atoms with Crippen molar-refractivity contribution < 1.29 is 0 Å². The van der Waals surface area contributed by atoms with Gasteiger partial charge >= 0.3 is 0 Å². The van der Waals surface area contributed by atoms with E-state index in [9.17, 15) is 0 Å². The maximum atomic E-state index is 4.50. The molecule has 0 spiro atoms. The molecule has 2 rings (SSSR count). The van der Waals surface area contributed by atoms with E-state index >= 15 is 0 Å². The maximum Gasteiger partial charge on any atom is 0.0828 e. The van der Waals surface area contributed by atoms with Crippen LogP contribution in [0.2, 0.25) is 0 Å². The van der Waals surface area contributed by atoms with E-state index in [2.05, 4.69) is 41.4 Å². The third-order valence-electron chi connectivity index (χ3n) is 2.76. The van der Waals surface area contributed by atoms with Gasteiger partial charge in [-0.15, -0.1) is 0 Å². The Bertz CT molecular complexity index is 433. The summed E-state index contributed by atoms with van der Waals surface area (Å²) in [6, 6.07) is 6.36. The van der Waals surface area contributed by atoms with E-state index in [1.165, 1.54) is 0 Å². The Morgan fingerprint density at radius 3 is 2.76 bits per heavy atom. The largest absolute Gasteiger partial charge is 0.309 e. The van der Waals surface area contributed by atoms with Crippen molar-refractivity contribution >= 4 is 0 Å². The van der Waals surface area contributed by atoms with Gasteiger partial charge in [-0.25, -0.2) is 4.68 Å². The van der Waals surface area contributed by atoms with E-state index in [0.29, 0.717) is 6.04 Å². The number of nitrogens with zero attached hydrogens (tertiary/aromatic N) is 3. The minimum Gasteiger partial charge on any atom is -0.309 e. The number of rotatable bonds is 5. The minimum atomic E-state index is 0.340. The molecule has 0 amide bonds. The first-order chi connectivity index (χ1) is 8.35. The molecule has 0 aliphatic rings. The van der Waals surface area contributed by atoms with Crippen LogP contribution < -0.4 is 5.32 Å². The van der Waals surface area contributed by atoms with Crippen molar-refractivity contribution in [2.24, 2.45) is 0 Å². The van der Waals surface area contributed by atoms with Crippen LogP contribution in [-0.2, 0) is 0 Å². The van der Waals surface area contributed by atoms with Crippen molar-refractivity contribution in [1.29, 1.82) is 0 Å². The van der Waals surface area contributed by atoms with E-state index in [1.54, 1.807) is 6.20 Å². The van der Waals surface area contributed by atoms with Crippen LogP contribution in [-0.4, -0.2) is 21.3 Å². The molecule has 0 aliphatic heterocycles. The Morgan fingerprint density at radius 1 is 1.35 bits per heavy atom. The quantitative estimate of drug-likeness (QED) is 0.857. The summed E-state index contributed by atoms with van der Waals surface area (Å²) < 4.78 is 1.81. The van der Waals surface area contributed by atoms with Crippen molar-refractivity contribution in [1.82, 2.24) is 20.1 Å². The lowest BCUT2D eigenvalue weighted by molar-refractivity contribution is 0.524. The van der Waals surface area contributed by atoms with Gasteiger partial charge in [0.1, 0.15) is 0 Å². The highest BCUT2D eigenvalue weighted by molar-refractivity contribution is 5.29. The number of nitrogens with one attached hydrogen (secondary N) is 1. The van der Waals surface area contributed by atoms with Gasteiger partial charge in [0, 0.05) is 18.4 Å². The smallest absolute Gasteiger partial charge is 0.0828 e. The maximum absolute atomic E-state index is 4.50. The van der Waals surface area contributed by atoms with E-state index < -0.39 is 0 Å². The van der Waals surface area contributed by atoms with Crippen LogP contribution in [0.3, 0.4) is 0 Å². The Morgan fingerprint density at radius 2 is 2.24 bits per heavy atom. The Balaban J connectivity index is 2.17. The summed E-state index contributed by atoms with van der Waals surface area (Å²) in [5.41, 5.74) is 2.08. The molecular formula is C13H18N4. The molecule has 2 aromatic heterocycles. The van der Waals surface area contributed by atoms with E-state index in [4.69, 9.17) is 0 Å². The molecular weight excluding hydrogens is 212 g/mol. The fourth-order valence-corrected chi connectivity index (χ4v) is 1.87. The third kappa shape index (κ3) is 2.71. The molecule has 4 heteroatoms. The molecule has 0 bridgehead atoms. The van der Waals surface area contributed by atoms with Crippen molar-refractivity contribution in [2.45, 2.75) is 26.3 Å². The second-order valence-corrected chi connectivity index (χ2v) is 3.91.